The van der Waals surface area contributed by atoms with Crippen LogP contribution in [-0.2, 0) is 11.2 Å². The van der Waals surface area contributed by atoms with E-state index in [-0.39, 0.29) is 12.0 Å². The second-order valence-corrected chi connectivity index (χ2v) is 6.65. The summed E-state index contributed by atoms with van der Waals surface area (Å²) >= 11 is 1.45. The summed E-state index contributed by atoms with van der Waals surface area (Å²) in [6.45, 7) is 0. The van der Waals surface area contributed by atoms with E-state index in [2.05, 4.69) is 20.3 Å². The fraction of sp³-hybridized carbons (Fsp3) is 0.0556. The van der Waals surface area contributed by atoms with Crippen molar-refractivity contribution in [3.05, 3.63) is 64.9 Å². The molecule has 0 atom stereocenters. The first-order valence-electron chi connectivity index (χ1n) is 7.82. The van der Waals surface area contributed by atoms with Gasteiger partial charge < -0.3 is 10.3 Å². The molecule has 0 bridgehead atoms. The van der Waals surface area contributed by atoms with Crippen molar-refractivity contribution in [1.82, 2.24) is 15.0 Å². The summed E-state index contributed by atoms with van der Waals surface area (Å²) in [5.74, 6) is -4.08. The molecule has 136 valence electrons. The maximum Gasteiger partial charge on any atom is 0.228 e. The van der Waals surface area contributed by atoms with Gasteiger partial charge in [-0.2, -0.15) is 0 Å². The molecule has 0 unspecified atom stereocenters. The maximum atomic E-state index is 13.2. The second-order valence-electron chi connectivity index (χ2n) is 5.75. The van der Waals surface area contributed by atoms with Crippen molar-refractivity contribution in [2.45, 2.75) is 6.42 Å². The van der Waals surface area contributed by atoms with E-state index in [1.54, 1.807) is 24.4 Å². The Morgan fingerprint density at radius 3 is 2.63 bits per heavy atom. The number of carbonyl (C=O) groups excluding carboxylic acids is 1. The van der Waals surface area contributed by atoms with E-state index in [1.807, 2.05) is 5.38 Å². The molecule has 9 heteroatoms. The number of carbonyl (C=O) groups is 1. The van der Waals surface area contributed by atoms with Crippen LogP contribution in [0.1, 0.15) is 5.56 Å². The number of nitrogens with one attached hydrogen (secondary N) is 2. The van der Waals surface area contributed by atoms with Crippen LogP contribution in [0.5, 0.6) is 0 Å². The number of nitrogens with zero attached hydrogens (tertiary/aromatic N) is 2. The average molecular weight is 388 g/mol. The van der Waals surface area contributed by atoms with Crippen molar-refractivity contribution in [2.75, 3.05) is 5.32 Å². The molecule has 2 N–H and O–H groups in total. The number of aromatic nitrogens is 3. The topological polar surface area (TPSA) is 70.7 Å². The summed E-state index contributed by atoms with van der Waals surface area (Å²) in [4.78, 5) is 23.9. The molecule has 0 aliphatic carbocycles. The van der Waals surface area contributed by atoms with Gasteiger partial charge in [-0.05, 0) is 35.9 Å². The number of aromatic amines is 1. The Bertz CT molecular complexity index is 1120. The fourth-order valence-electron chi connectivity index (χ4n) is 2.63. The summed E-state index contributed by atoms with van der Waals surface area (Å²) in [6.07, 6.45) is 1.39. The van der Waals surface area contributed by atoms with E-state index in [0.29, 0.717) is 17.0 Å². The van der Waals surface area contributed by atoms with Crippen molar-refractivity contribution in [3.63, 3.8) is 0 Å². The van der Waals surface area contributed by atoms with Crippen LogP contribution >= 0.6 is 11.3 Å². The number of rotatable bonds is 4. The van der Waals surface area contributed by atoms with Gasteiger partial charge in [0.25, 0.3) is 0 Å². The molecule has 0 aliphatic rings. The minimum atomic E-state index is -1.56. The normalized spacial score (nSPS) is 11.1. The van der Waals surface area contributed by atoms with Crippen LogP contribution in [0.25, 0.3) is 21.9 Å². The quantitative estimate of drug-likeness (QED) is 0.513. The lowest BCUT2D eigenvalue weighted by atomic mass is 10.1. The smallest absolute Gasteiger partial charge is 0.228 e. The van der Waals surface area contributed by atoms with Crippen LogP contribution in [0, 0.1) is 17.5 Å². The Morgan fingerprint density at radius 1 is 1.15 bits per heavy atom. The lowest BCUT2D eigenvalue weighted by Crippen LogP contribution is -2.14. The zero-order valence-corrected chi connectivity index (χ0v) is 14.4. The number of hydrogen-bond acceptors (Lipinski definition) is 4. The predicted octanol–water partition coefficient (Wildman–Crippen LogP) is 4.28. The number of hydrogen-bond donors (Lipinski definition) is 2. The number of amides is 1. The first-order valence-corrected chi connectivity index (χ1v) is 8.70. The minimum absolute atomic E-state index is 0.0378. The van der Waals surface area contributed by atoms with Gasteiger partial charge in [0.05, 0.1) is 17.5 Å². The molecule has 2 aromatic heterocycles. The molecule has 0 saturated carbocycles. The zero-order valence-electron chi connectivity index (χ0n) is 13.6. The molecule has 0 radical (unpaired) electrons. The van der Waals surface area contributed by atoms with E-state index in [1.165, 1.54) is 11.3 Å². The number of thiazole rings is 1. The molecule has 0 aliphatic heterocycles. The van der Waals surface area contributed by atoms with Crippen LogP contribution in [0.3, 0.4) is 0 Å². The molecule has 4 rings (SSSR count). The van der Waals surface area contributed by atoms with Gasteiger partial charge in [-0.25, -0.2) is 23.1 Å². The largest absolute Gasteiger partial charge is 0.336 e. The van der Waals surface area contributed by atoms with Crippen molar-refractivity contribution in [1.29, 1.82) is 0 Å². The van der Waals surface area contributed by atoms with Crippen molar-refractivity contribution in [3.8, 4) is 10.8 Å². The highest BCUT2D eigenvalue weighted by atomic mass is 32.1. The first kappa shape index (κ1) is 17.2. The number of halogens is 3. The Balaban J connectivity index is 1.52. The molecule has 0 fully saturated rings. The summed E-state index contributed by atoms with van der Waals surface area (Å²) in [5, 5.41) is 5.23. The monoisotopic (exact) mass is 388 g/mol. The van der Waals surface area contributed by atoms with Gasteiger partial charge in [-0.15, -0.1) is 11.3 Å². The van der Waals surface area contributed by atoms with Gasteiger partial charge in [0.2, 0.25) is 5.91 Å². The van der Waals surface area contributed by atoms with Gasteiger partial charge in [-0.3, -0.25) is 4.79 Å². The summed E-state index contributed by atoms with van der Waals surface area (Å²) in [6, 6.07) is 6.71. The number of imidazole rings is 1. The molecule has 0 saturated heterocycles. The number of anilines is 1. The van der Waals surface area contributed by atoms with Crippen LogP contribution in [-0.4, -0.2) is 20.9 Å². The maximum absolute atomic E-state index is 13.2. The Labute approximate surface area is 154 Å². The van der Waals surface area contributed by atoms with Crippen LogP contribution in [0.4, 0.5) is 18.9 Å². The Hall–Kier alpha value is -3.20. The molecule has 4 aromatic rings. The highest BCUT2D eigenvalue weighted by Gasteiger charge is 2.13. The molecule has 2 heterocycles. The van der Waals surface area contributed by atoms with E-state index in [4.69, 9.17) is 0 Å². The summed E-state index contributed by atoms with van der Waals surface area (Å²) in [7, 11) is 0. The molecule has 2 aromatic carbocycles. The SMILES string of the molecule is O=C(Cc1cc(F)c(F)c(F)c1)Nc1ccc2[nH]c(-c3nccs3)nc2c1. The van der Waals surface area contributed by atoms with E-state index in [0.717, 1.165) is 22.7 Å². The Morgan fingerprint density at radius 2 is 1.93 bits per heavy atom. The predicted molar refractivity (Wildman–Crippen MR) is 95.9 cm³/mol. The van der Waals surface area contributed by atoms with Crippen LogP contribution < -0.4 is 5.32 Å². The molecular formula is C18H11F3N4OS. The lowest BCUT2D eigenvalue weighted by Gasteiger charge is -2.06. The number of benzene rings is 2. The van der Waals surface area contributed by atoms with Crippen molar-refractivity contribution < 1.29 is 18.0 Å². The lowest BCUT2D eigenvalue weighted by molar-refractivity contribution is -0.115. The third-order valence-corrected chi connectivity index (χ3v) is 4.59. The second kappa shape index (κ2) is 6.84. The van der Waals surface area contributed by atoms with Gasteiger partial charge in [0.15, 0.2) is 28.3 Å². The highest BCUT2D eigenvalue weighted by Crippen LogP contribution is 2.24. The first-order chi connectivity index (χ1) is 13.0. The third-order valence-electron chi connectivity index (χ3n) is 3.81. The molecule has 5 nitrogen and oxygen atoms in total. The van der Waals surface area contributed by atoms with E-state index in [9.17, 15) is 18.0 Å². The van der Waals surface area contributed by atoms with Gasteiger partial charge in [-0.1, -0.05) is 0 Å². The molecule has 27 heavy (non-hydrogen) atoms. The number of fused-ring (bicyclic) bond motifs is 1. The Kier molecular flexibility index (Phi) is 4.36. The minimum Gasteiger partial charge on any atom is -0.336 e. The van der Waals surface area contributed by atoms with Gasteiger partial charge in [0, 0.05) is 17.3 Å². The van der Waals surface area contributed by atoms with E-state index >= 15 is 0 Å². The summed E-state index contributed by atoms with van der Waals surface area (Å²) in [5.41, 5.74) is 1.93. The highest BCUT2D eigenvalue weighted by molar-refractivity contribution is 7.13. The fourth-order valence-corrected chi connectivity index (χ4v) is 3.21. The zero-order chi connectivity index (χ0) is 19.0. The van der Waals surface area contributed by atoms with Crippen molar-refractivity contribution >= 4 is 34.0 Å². The summed E-state index contributed by atoms with van der Waals surface area (Å²) < 4.78 is 39.5. The van der Waals surface area contributed by atoms with Crippen molar-refractivity contribution in [2.24, 2.45) is 0 Å². The average Bonchev–Trinajstić information content (AvgIpc) is 3.28. The van der Waals surface area contributed by atoms with E-state index < -0.39 is 23.4 Å². The molecule has 0 spiro atoms. The molecular weight excluding hydrogens is 377 g/mol. The van der Waals surface area contributed by atoms with Crippen LogP contribution in [0.15, 0.2) is 41.9 Å². The number of H-pyrrole nitrogens is 1. The van der Waals surface area contributed by atoms with Gasteiger partial charge >= 0.3 is 0 Å². The third kappa shape index (κ3) is 3.54. The standard InChI is InChI=1S/C18H11F3N4OS/c19-11-5-9(6-12(20)16(11)21)7-15(26)23-10-1-2-13-14(8-10)25-17(24-13)18-22-3-4-27-18/h1-6,8H,7H2,(H,23,26)(H,24,25). The van der Waals surface area contributed by atoms with Gasteiger partial charge in [0.1, 0.15) is 0 Å². The van der Waals surface area contributed by atoms with Crippen LogP contribution in [0.2, 0.25) is 0 Å². The molecule has 1 amide bonds.